The second-order valence-corrected chi connectivity index (χ2v) is 7.59. The lowest BCUT2D eigenvalue weighted by molar-refractivity contribution is -0.146. The van der Waals surface area contributed by atoms with E-state index in [4.69, 9.17) is 4.74 Å². The number of hydrogen-bond donors (Lipinski definition) is 0. The molecule has 22 heavy (non-hydrogen) atoms. The summed E-state index contributed by atoms with van der Waals surface area (Å²) in [6.45, 7) is 18.3. The van der Waals surface area contributed by atoms with Gasteiger partial charge in [-0.1, -0.05) is 13.8 Å². The van der Waals surface area contributed by atoms with Crippen LogP contribution in [0.1, 0.15) is 59.7 Å². The Bertz CT molecular complexity index is 537. The Morgan fingerprint density at radius 3 is 2.41 bits per heavy atom. The van der Waals surface area contributed by atoms with Gasteiger partial charge >= 0.3 is 5.97 Å². The van der Waals surface area contributed by atoms with Crippen LogP contribution in [-0.4, -0.2) is 35.1 Å². The van der Waals surface area contributed by atoms with E-state index >= 15 is 0 Å². The van der Waals surface area contributed by atoms with Crippen molar-refractivity contribution in [2.24, 2.45) is 4.99 Å². The molecule has 0 spiro atoms. The second kappa shape index (κ2) is 6.63. The Hall–Kier alpha value is -1.65. The molecule has 0 bridgehead atoms. The summed E-state index contributed by atoms with van der Waals surface area (Å²) in [7, 11) is 0. The summed E-state index contributed by atoms with van der Waals surface area (Å²) < 4.78 is 7.16. The van der Waals surface area contributed by atoms with Crippen molar-refractivity contribution in [2.45, 2.75) is 71.9 Å². The monoisotopic (exact) mass is 307 g/mol. The molecule has 0 unspecified atom stereocenters. The van der Waals surface area contributed by atoms with Gasteiger partial charge in [-0.15, -0.1) is 0 Å². The molecule has 1 aromatic rings. The van der Waals surface area contributed by atoms with Gasteiger partial charge < -0.3 is 9.73 Å². The number of carbonyl (C=O) groups is 1. The maximum absolute atomic E-state index is 12.0. The summed E-state index contributed by atoms with van der Waals surface area (Å²) in [6.07, 6.45) is 2.07. The van der Waals surface area contributed by atoms with Crippen LogP contribution in [0.15, 0.2) is 11.2 Å². The number of nitrogens with zero attached hydrogens (tertiary/aromatic N) is 3. The highest BCUT2D eigenvalue weighted by Crippen LogP contribution is 2.29. The van der Waals surface area contributed by atoms with Crippen molar-refractivity contribution in [1.29, 1.82) is 0 Å². The Labute approximate surface area is 133 Å². The molecule has 0 atom stereocenters. The molecule has 0 fully saturated rings. The third-order valence-corrected chi connectivity index (χ3v) is 3.39. The normalized spacial score (nSPS) is 12.5. The molecule has 0 aliphatic heterocycles. The van der Waals surface area contributed by atoms with Gasteiger partial charge in [0, 0.05) is 23.7 Å². The van der Waals surface area contributed by atoms with Crippen LogP contribution in [0.3, 0.4) is 0 Å². The second-order valence-electron chi connectivity index (χ2n) is 7.59. The van der Waals surface area contributed by atoms with Crippen molar-refractivity contribution in [1.82, 2.24) is 9.78 Å². The number of aromatic nitrogens is 2. The summed E-state index contributed by atoms with van der Waals surface area (Å²) >= 11 is 0. The van der Waals surface area contributed by atoms with E-state index in [0.717, 1.165) is 11.3 Å². The van der Waals surface area contributed by atoms with E-state index in [0.29, 0.717) is 6.54 Å². The summed E-state index contributed by atoms with van der Waals surface area (Å²) in [5, 5.41) is 4.63. The van der Waals surface area contributed by atoms with E-state index in [-0.39, 0.29) is 29.4 Å². The molecule has 5 nitrogen and oxygen atoms in total. The number of ether oxygens (including phenoxy) is 1. The molecule has 0 saturated heterocycles. The van der Waals surface area contributed by atoms with Gasteiger partial charge in [0.2, 0.25) is 0 Å². The average Bonchev–Trinajstić information content (AvgIpc) is 2.71. The zero-order valence-electron chi connectivity index (χ0n) is 14.9. The third-order valence-electron chi connectivity index (χ3n) is 3.39. The van der Waals surface area contributed by atoms with E-state index in [1.165, 1.54) is 0 Å². The molecule has 1 aromatic heterocycles. The first-order valence-electron chi connectivity index (χ1n) is 7.69. The Kier molecular flexibility index (Phi) is 5.54. The lowest BCUT2D eigenvalue weighted by Gasteiger charge is -2.23. The Morgan fingerprint density at radius 1 is 1.36 bits per heavy atom. The van der Waals surface area contributed by atoms with Gasteiger partial charge in [0.25, 0.3) is 0 Å². The summed E-state index contributed by atoms with van der Waals surface area (Å²) in [5.74, 6) is -0.252. The van der Waals surface area contributed by atoms with Crippen molar-refractivity contribution < 1.29 is 9.53 Å². The minimum atomic E-state index is -0.252. The van der Waals surface area contributed by atoms with Crippen LogP contribution < -0.4 is 0 Å². The van der Waals surface area contributed by atoms with Crippen LogP contribution in [0.2, 0.25) is 0 Å². The van der Waals surface area contributed by atoms with Gasteiger partial charge in [-0.25, -0.2) is 0 Å². The molecule has 0 aliphatic rings. The molecule has 0 aromatic carbocycles. The first kappa shape index (κ1) is 18.4. The van der Waals surface area contributed by atoms with Crippen LogP contribution in [0.4, 0.5) is 0 Å². The van der Waals surface area contributed by atoms with Crippen LogP contribution >= 0.6 is 0 Å². The highest BCUT2D eigenvalue weighted by molar-refractivity contribution is 5.72. The van der Waals surface area contributed by atoms with E-state index < -0.39 is 0 Å². The summed E-state index contributed by atoms with van der Waals surface area (Å²) in [5.41, 5.74) is 1.41. The number of hydrogen-bond acceptors (Lipinski definition) is 4. The quantitative estimate of drug-likeness (QED) is 0.599. The smallest absolute Gasteiger partial charge is 0.312 e. The molecule has 0 saturated carbocycles. The van der Waals surface area contributed by atoms with E-state index in [1.54, 1.807) is 0 Å². The number of carbonyl (C=O) groups excluding carboxylic acids is 1. The lowest BCUT2D eigenvalue weighted by atomic mass is 9.84. The van der Waals surface area contributed by atoms with Crippen LogP contribution in [0.5, 0.6) is 0 Å². The molecule has 0 amide bonds. The van der Waals surface area contributed by atoms with Gasteiger partial charge in [0.1, 0.15) is 0 Å². The van der Waals surface area contributed by atoms with Crippen LogP contribution in [0, 0.1) is 0 Å². The number of esters is 1. The van der Waals surface area contributed by atoms with Crippen molar-refractivity contribution in [3.05, 3.63) is 17.5 Å². The molecule has 0 radical (unpaired) electrons. The maximum atomic E-state index is 12.0. The highest BCUT2D eigenvalue weighted by atomic mass is 16.5. The SMILES string of the molecule is C=NCC(C)(C)c1cn(C(C)(C)C)nc1CC(=O)OC(C)C. The zero-order chi connectivity index (χ0) is 17.1. The Morgan fingerprint density at radius 2 is 1.95 bits per heavy atom. The third kappa shape index (κ3) is 4.68. The largest absolute Gasteiger partial charge is 0.463 e. The van der Waals surface area contributed by atoms with E-state index in [2.05, 4.69) is 51.4 Å². The molecule has 1 rings (SSSR count). The highest BCUT2D eigenvalue weighted by Gasteiger charge is 2.29. The molecule has 0 N–H and O–H groups in total. The minimum Gasteiger partial charge on any atom is -0.463 e. The lowest BCUT2D eigenvalue weighted by Crippen LogP contribution is -2.24. The summed E-state index contributed by atoms with van der Waals surface area (Å²) in [6, 6.07) is 0. The molecular formula is C17H29N3O2. The number of rotatable bonds is 6. The topological polar surface area (TPSA) is 56.5 Å². The van der Waals surface area contributed by atoms with E-state index in [1.807, 2.05) is 24.7 Å². The van der Waals surface area contributed by atoms with Crippen molar-refractivity contribution in [2.75, 3.05) is 6.54 Å². The van der Waals surface area contributed by atoms with Gasteiger partial charge in [-0.2, -0.15) is 5.10 Å². The molecule has 5 heteroatoms. The standard InChI is InChI=1S/C17H29N3O2/c1-12(2)22-15(21)9-14-13(17(6,7)11-18-8)10-20(19-14)16(3,4)5/h10,12H,8-9,11H2,1-7H3. The fraction of sp³-hybridized carbons (Fsp3) is 0.706. The fourth-order valence-corrected chi connectivity index (χ4v) is 2.26. The van der Waals surface area contributed by atoms with Gasteiger partial charge in [0.15, 0.2) is 0 Å². The van der Waals surface area contributed by atoms with Crippen LogP contribution in [0.25, 0.3) is 0 Å². The summed E-state index contributed by atoms with van der Waals surface area (Å²) in [4.78, 5) is 16.0. The van der Waals surface area contributed by atoms with Crippen molar-refractivity contribution in [3.63, 3.8) is 0 Å². The van der Waals surface area contributed by atoms with Gasteiger partial charge in [-0.05, 0) is 41.3 Å². The zero-order valence-corrected chi connectivity index (χ0v) is 14.9. The molecule has 1 heterocycles. The van der Waals surface area contributed by atoms with Crippen molar-refractivity contribution >= 4 is 12.7 Å². The predicted molar refractivity (Wildman–Crippen MR) is 89.6 cm³/mol. The number of aliphatic imine (C=N–C) groups is 1. The molecule has 0 aliphatic carbocycles. The first-order valence-corrected chi connectivity index (χ1v) is 7.69. The molecular weight excluding hydrogens is 278 g/mol. The van der Waals surface area contributed by atoms with Gasteiger partial charge in [-0.3, -0.25) is 9.48 Å². The fourth-order valence-electron chi connectivity index (χ4n) is 2.26. The maximum Gasteiger partial charge on any atom is 0.312 e. The van der Waals surface area contributed by atoms with E-state index in [9.17, 15) is 4.79 Å². The first-order chi connectivity index (χ1) is 9.97. The Balaban J connectivity index is 3.20. The average molecular weight is 307 g/mol. The minimum absolute atomic E-state index is 0.122. The van der Waals surface area contributed by atoms with Crippen LogP contribution in [-0.2, 0) is 26.9 Å². The van der Waals surface area contributed by atoms with Gasteiger partial charge in [0.05, 0.1) is 23.8 Å². The predicted octanol–water partition coefficient (Wildman–Crippen LogP) is 3.11. The van der Waals surface area contributed by atoms with Crippen molar-refractivity contribution in [3.8, 4) is 0 Å². The molecule has 124 valence electrons.